The number of benzene rings is 2. The molecule has 21 heavy (non-hydrogen) atoms. The SMILES string of the molecule is CNC(c1ccc(OC)c(F)c1)c1cc(Br)ccc1OC. The predicted molar refractivity (Wildman–Crippen MR) is 84.5 cm³/mol. The quantitative estimate of drug-likeness (QED) is 0.883. The van der Waals surface area contributed by atoms with Crippen molar-refractivity contribution in [1.29, 1.82) is 0 Å². The number of halogens is 2. The Hall–Kier alpha value is -1.59. The minimum atomic E-state index is -0.385. The highest BCUT2D eigenvalue weighted by Gasteiger charge is 2.18. The van der Waals surface area contributed by atoms with Gasteiger partial charge in [-0.05, 0) is 42.9 Å². The Kier molecular flexibility index (Phi) is 5.20. The van der Waals surface area contributed by atoms with Gasteiger partial charge in [-0.2, -0.15) is 0 Å². The van der Waals surface area contributed by atoms with E-state index in [0.717, 1.165) is 21.3 Å². The van der Waals surface area contributed by atoms with Gasteiger partial charge in [0.25, 0.3) is 0 Å². The molecule has 1 N–H and O–H groups in total. The second-order valence-corrected chi connectivity index (χ2v) is 5.42. The number of nitrogens with one attached hydrogen (secondary N) is 1. The molecule has 0 aliphatic heterocycles. The van der Waals surface area contributed by atoms with Crippen LogP contribution in [0.5, 0.6) is 11.5 Å². The number of methoxy groups -OCH3 is 2. The Labute approximate surface area is 132 Å². The van der Waals surface area contributed by atoms with Crippen LogP contribution in [0.4, 0.5) is 4.39 Å². The monoisotopic (exact) mass is 353 g/mol. The van der Waals surface area contributed by atoms with Gasteiger partial charge in [0.1, 0.15) is 5.75 Å². The minimum Gasteiger partial charge on any atom is -0.496 e. The van der Waals surface area contributed by atoms with Crippen LogP contribution in [0, 0.1) is 5.82 Å². The lowest BCUT2D eigenvalue weighted by molar-refractivity contribution is 0.385. The lowest BCUT2D eigenvalue weighted by Crippen LogP contribution is -2.18. The van der Waals surface area contributed by atoms with E-state index in [1.54, 1.807) is 13.2 Å². The molecular weight excluding hydrogens is 337 g/mol. The molecule has 5 heteroatoms. The highest BCUT2D eigenvalue weighted by atomic mass is 79.9. The van der Waals surface area contributed by atoms with Crippen LogP contribution >= 0.6 is 15.9 Å². The Morgan fingerprint density at radius 3 is 2.29 bits per heavy atom. The lowest BCUT2D eigenvalue weighted by atomic mass is 9.97. The fourth-order valence-electron chi connectivity index (χ4n) is 2.29. The topological polar surface area (TPSA) is 30.5 Å². The molecule has 0 aliphatic carbocycles. The fraction of sp³-hybridized carbons (Fsp3) is 0.250. The highest BCUT2D eigenvalue weighted by molar-refractivity contribution is 9.10. The van der Waals surface area contributed by atoms with Crippen LogP contribution in [-0.2, 0) is 0 Å². The molecule has 0 fully saturated rings. The zero-order valence-corrected chi connectivity index (χ0v) is 13.7. The maximum Gasteiger partial charge on any atom is 0.165 e. The van der Waals surface area contributed by atoms with Crippen molar-refractivity contribution in [2.45, 2.75) is 6.04 Å². The van der Waals surface area contributed by atoms with Crippen LogP contribution in [0.2, 0.25) is 0 Å². The maximum absolute atomic E-state index is 13.9. The molecule has 0 bridgehead atoms. The molecule has 0 saturated carbocycles. The molecule has 0 heterocycles. The first-order chi connectivity index (χ1) is 10.1. The normalized spacial score (nSPS) is 12.0. The smallest absolute Gasteiger partial charge is 0.165 e. The fourth-order valence-corrected chi connectivity index (χ4v) is 2.67. The second-order valence-electron chi connectivity index (χ2n) is 4.50. The van der Waals surface area contributed by atoms with Crippen molar-refractivity contribution in [2.75, 3.05) is 21.3 Å². The third-order valence-electron chi connectivity index (χ3n) is 3.30. The molecule has 0 aliphatic rings. The number of ether oxygens (including phenoxy) is 2. The average Bonchev–Trinajstić information content (AvgIpc) is 2.48. The van der Waals surface area contributed by atoms with E-state index in [2.05, 4.69) is 21.2 Å². The lowest BCUT2D eigenvalue weighted by Gasteiger charge is -2.20. The zero-order valence-electron chi connectivity index (χ0n) is 12.1. The molecule has 1 atom stereocenters. The van der Waals surface area contributed by atoms with E-state index in [4.69, 9.17) is 9.47 Å². The summed E-state index contributed by atoms with van der Waals surface area (Å²) in [6.45, 7) is 0. The van der Waals surface area contributed by atoms with Crippen molar-refractivity contribution in [1.82, 2.24) is 5.32 Å². The molecular formula is C16H17BrFNO2. The van der Waals surface area contributed by atoms with Crippen LogP contribution in [0.25, 0.3) is 0 Å². The van der Waals surface area contributed by atoms with Gasteiger partial charge in [0.2, 0.25) is 0 Å². The van der Waals surface area contributed by atoms with Crippen molar-refractivity contribution in [2.24, 2.45) is 0 Å². The first kappa shape index (κ1) is 15.8. The van der Waals surface area contributed by atoms with Gasteiger partial charge < -0.3 is 14.8 Å². The van der Waals surface area contributed by atoms with Gasteiger partial charge in [-0.3, -0.25) is 0 Å². The Morgan fingerprint density at radius 2 is 1.71 bits per heavy atom. The summed E-state index contributed by atoms with van der Waals surface area (Å²) in [5.74, 6) is 0.591. The molecule has 0 aromatic heterocycles. The van der Waals surface area contributed by atoms with E-state index in [1.807, 2.05) is 31.3 Å². The van der Waals surface area contributed by atoms with Crippen molar-refractivity contribution in [3.05, 3.63) is 57.8 Å². The summed E-state index contributed by atoms with van der Waals surface area (Å²) in [4.78, 5) is 0. The van der Waals surface area contributed by atoms with Gasteiger partial charge in [-0.15, -0.1) is 0 Å². The first-order valence-electron chi connectivity index (χ1n) is 6.44. The van der Waals surface area contributed by atoms with Gasteiger partial charge in [-0.1, -0.05) is 22.0 Å². The average molecular weight is 354 g/mol. The highest BCUT2D eigenvalue weighted by Crippen LogP contribution is 2.33. The molecule has 2 aromatic rings. The van der Waals surface area contributed by atoms with E-state index in [0.29, 0.717) is 0 Å². The van der Waals surface area contributed by atoms with Gasteiger partial charge >= 0.3 is 0 Å². The van der Waals surface area contributed by atoms with Crippen molar-refractivity contribution in [3.63, 3.8) is 0 Å². The molecule has 0 spiro atoms. The summed E-state index contributed by atoms with van der Waals surface area (Å²) < 4.78 is 25.2. The van der Waals surface area contributed by atoms with E-state index in [1.165, 1.54) is 13.2 Å². The molecule has 1 unspecified atom stereocenters. The van der Waals surface area contributed by atoms with Crippen LogP contribution in [-0.4, -0.2) is 21.3 Å². The predicted octanol–water partition coefficient (Wildman–Crippen LogP) is 3.91. The Morgan fingerprint density at radius 1 is 1.05 bits per heavy atom. The van der Waals surface area contributed by atoms with E-state index in [-0.39, 0.29) is 17.6 Å². The molecule has 0 saturated heterocycles. The number of hydrogen-bond donors (Lipinski definition) is 1. The largest absolute Gasteiger partial charge is 0.496 e. The van der Waals surface area contributed by atoms with E-state index >= 15 is 0 Å². The number of rotatable bonds is 5. The van der Waals surface area contributed by atoms with Gasteiger partial charge in [0, 0.05) is 10.0 Å². The van der Waals surface area contributed by atoms with Crippen LogP contribution in [0.3, 0.4) is 0 Å². The summed E-state index contributed by atoms with van der Waals surface area (Å²) in [5, 5.41) is 3.19. The second kappa shape index (κ2) is 6.91. The first-order valence-corrected chi connectivity index (χ1v) is 7.24. The standard InChI is InChI=1S/C16H17BrFNO2/c1-19-16(10-4-6-15(21-3)13(18)8-10)12-9-11(17)5-7-14(12)20-2/h4-9,16,19H,1-3H3. The van der Waals surface area contributed by atoms with E-state index in [9.17, 15) is 4.39 Å². The third kappa shape index (κ3) is 3.36. The molecule has 112 valence electrons. The van der Waals surface area contributed by atoms with Crippen molar-refractivity contribution in [3.8, 4) is 11.5 Å². The van der Waals surface area contributed by atoms with Gasteiger partial charge in [0.15, 0.2) is 11.6 Å². The van der Waals surface area contributed by atoms with Gasteiger partial charge in [0.05, 0.1) is 20.3 Å². The molecule has 2 rings (SSSR count). The summed E-state index contributed by atoms with van der Waals surface area (Å²) in [6, 6.07) is 10.5. The van der Waals surface area contributed by atoms with Crippen molar-refractivity contribution < 1.29 is 13.9 Å². The Bertz CT molecular complexity index is 634. The van der Waals surface area contributed by atoms with Crippen molar-refractivity contribution >= 4 is 15.9 Å². The molecule has 0 amide bonds. The Balaban J connectivity index is 2.49. The van der Waals surface area contributed by atoms with E-state index < -0.39 is 0 Å². The maximum atomic E-state index is 13.9. The minimum absolute atomic E-state index is 0.183. The summed E-state index contributed by atoms with van der Waals surface area (Å²) in [5.41, 5.74) is 1.73. The summed E-state index contributed by atoms with van der Waals surface area (Å²) in [6.07, 6.45) is 0. The third-order valence-corrected chi connectivity index (χ3v) is 3.79. The summed E-state index contributed by atoms with van der Waals surface area (Å²) >= 11 is 3.46. The molecule has 2 aromatic carbocycles. The van der Waals surface area contributed by atoms with Crippen LogP contribution in [0.15, 0.2) is 40.9 Å². The van der Waals surface area contributed by atoms with Crippen LogP contribution in [0.1, 0.15) is 17.2 Å². The van der Waals surface area contributed by atoms with Gasteiger partial charge in [-0.25, -0.2) is 4.39 Å². The summed E-state index contributed by atoms with van der Waals surface area (Å²) in [7, 11) is 4.90. The van der Waals surface area contributed by atoms with Crippen LogP contribution < -0.4 is 14.8 Å². The molecule has 3 nitrogen and oxygen atoms in total. The zero-order chi connectivity index (χ0) is 15.4. The number of hydrogen-bond acceptors (Lipinski definition) is 3. The molecule has 0 radical (unpaired) electrons.